The number of fused-ring (bicyclic) bond motifs is 3. The zero-order chi connectivity index (χ0) is 22.5. The van der Waals surface area contributed by atoms with Crippen LogP contribution < -0.4 is 0 Å². The van der Waals surface area contributed by atoms with Gasteiger partial charge in [-0.15, -0.1) is 21.5 Å². The Morgan fingerprint density at radius 1 is 1.16 bits per heavy atom. The zero-order valence-electron chi connectivity index (χ0n) is 18.5. The molecule has 0 unspecified atom stereocenters. The molecule has 162 valence electrons. The lowest BCUT2D eigenvalue weighted by atomic mass is 10.00. The highest BCUT2D eigenvalue weighted by Crippen LogP contribution is 2.39. The van der Waals surface area contributed by atoms with Crippen LogP contribution in [-0.4, -0.2) is 32.0 Å². The van der Waals surface area contributed by atoms with E-state index in [1.807, 2.05) is 27.7 Å². The Morgan fingerprint density at radius 2 is 1.84 bits per heavy atom. The molecule has 3 heterocycles. The molecule has 8 heteroatoms. The van der Waals surface area contributed by atoms with Gasteiger partial charge in [-0.1, -0.05) is 12.1 Å². The highest BCUT2D eigenvalue weighted by atomic mass is 127. The normalized spacial score (nSPS) is 15.7. The molecule has 4 rings (SSSR count). The molecular weight excluding hydrogens is 523 g/mol. The molecule has 0 radical (unpaired) electrons. The van der Waals surface area contributed by atoms with E-state index in [1.54, 1.807) is 11.3 Å². The van der Waals surface area contributed by atoms with Crippen molar-refractivity contribution in [3.05, 3.63) is 61.1 Å². The molecule has 0 bridgehead atoms. The predicted molar refractivity (Wildman–Crippen MR) is 131 cm³/mol. The maximum absolute atomic E-state index is 12.7. The molecule has 6 nitrogen and oxygen atoms in total. The second kappa shape index (κ2) is 8.12. The molecule has 1 aliphatic rings. The minimum atomic E-state index is -0.555. The first-order valence-electron chi connectivity index (χ1n) is 10.1. The number of thiophene rings is 1. The molecular formula is C23H25IN4O2S. The Kier molecular flexibility index (Phi) is 5.80. The molecule has 0 N–H and O–H groups in total. The van der Waals surface area contributed by atoms with Crippen molar-refractivity contribution in [3.63, 3.8) is 0 Å². The van der Waals surface area contributed by atoms with Crippen molar-refractivity contribution >= 4 is 45.6 Å². The molecule has 0 saturated heterocycles. The third kappa shape index (κ3) is 4.32. The van der Waals surface area contributed by atoms with E-state index in [1.165, 1.54) is 10.4 Å². The van der Waals surface area contributed by atoms with Gasteiger partial charge < -0.3 is 4.74 Å². The molecule has 1 aliphatic heterocycles. The quantitative estimate of drug-likeness (QED) is 0.321. The summed E-state index contributed by atoms with van der Waals surface area (Å²) >= 11 is 4.01. The molecule has 31 heavy (non-hydrogen) atoms. The number of carbonyl (C=O) groups excluding carboxylic acids is 1. The van der Waals surface area contributed by atoms with Gasteiger partial charge in [0.05, 0.1) is 12.1 Å². The van der Waals surface area contributed by atoms with Gasteiger partial charge in [-0.2, -0.15) is 0 Å². The second-order valence-corrected chi connectivity index (χ2v) is 11.1. The van der Waals surface area contributed by atoms with Gasteiger partial charge in [-0.25, -0.2) is 0 Å². The van der Waals surface area contributed by atoms with E-state index in [-0.39, 0.29) is 12.4 Å². The number of aliphatic imine (C=N–C) groups is 1. The van der Waals surface area contributed by atoms with Crippen molar-refractivity contribution in [2.24, 2.45) is 4.99 Å². The second-order valence-electron chi connectivity index (χ2n) is 8.70. The Morgan fingerprint density at radius 3 is 2.48 bits per heavy atom. The first-order valence-corrected chi connectivity index (χ1v) is 12.0. The summed E-state index contributed by atoms with van der Waals surface area (Å²) in [6, 6.07) is 7.84. The van der Waals surface area contributed by atoms with Crippen molar-refractivity contribution in [3.8, 4) is 5.00 Å². The SMILES string of the molecule is Cc1sc2c(c1C)C(c1ccc(I)cc1)=N[C@H](CC(=O)OC(C)(C)C)c1nnc(C)n1-2. The van der Waals surface area contributed by atoms with E-state index in [0.29, 0.717) is 5.82 Å². The summed E-state index contributed by atoms with van der Waals surface area (Å²) in [7, 11) is 0. The lowest BCUT2D eigenvalue weighted by Crippen LogP contribution is -2.25. The van der Waals surface area contributed by atoms with Crippen molar-refractivity contribution in [2.75, 3.05) is 0 Å². The molecule has 0 amide bonds. The monoisotopic (exact) mass is 548 g/mol. The van der Waals surface area contributed by atoms with E-state index in [0.717, 1.165) is 31.2 Å². The Labute approximate surface area is 199 Å². The summed E-state index contributed by atoms with van der Waals surface area (Å²) in [5, 5.41) is 9.80. The molecule has 1 atom stereocenters. The van der Waals surface area contributed by atoms with Gasteiger partial charge in [-0.05, 0) is 81.8 Å². The van der Waals surface area contributed by atoms with Crippen molar-refractivity contribution in [2.45, 2.75) is 59.6 Å². The molecule has 0 spiro atoms. The number of aromatic nitrogens is 3. The third-order valence-corrected chi connectivity index (χ3v) is 7.05. The minimum Gasteiger partial charge on any atom is -0.460 e. The molecule has 0 fully saturated rings. The smallest absolute Gasteiger partial charge is 0.308 e. The van der Waals surface area contributed by atoms with Crippen LogP contribution in [0.3, 0.4) is 0 Å². The zero-order valence-corrected chi connectivity index (χ0v) is 21.5. The fourth-order valence-electron chi connectivity index (χ4n) is 3.67. The lowest BCUT2D eigenvalue weighted by Gasteiger charge is -2.21. The van der Waals surface area contributed by atoms with Crippen LogP contribution in [0.15, 0.2) is 29.3 Å². The maximum atomic E-state index is 12.7. The van der Waals surface area contributed by atoms with Gasteiger partial charge in [0.1, 0.15) is 22.5 Å². The number of hydrogen-bond acceptors (Lipinski definition) is 6. The van der Waals surface area contributed by atoms with Crippen LogP contribution in [0.5, 0.6) is 0 Å². The van der Waals surface area contributed by atoms with Crippen LogP contribution >= 0.6 is 33.9 Å². The summed E-state index contributed by atoms with van der Waals surface area (Å²) in [6.45, 7) is 11.8. The highest BCUT2D eigenvalue weighted by molar-refractivity contribution is 14.1. The summed E-state index contributed by atoms with van der Waals surface area (Å²) in [5.74, 6) is 1.16. The summed E-state index contributed by atoms with van der Waals surface area (Å²) < 4.78 is 8.81. The number of ether oxygens (including phenoxy) is 1. The van der Waals surface area contributed by atoms with Gasteiger partial charge in [0.2, 0.25) is 0 Å². The maximum Gasteiger partial charge on any atom is 0.308 e. The lowest BCUT2D eigenvalue weighted by molar-refractivity contribution is -0.155. The molecule has 0 saturated carbocycles. The van der Waals surface area contributed by atoms with Crippen molar-refractivity contribution in [1.29, 1.82) is 0 Å². The standard InChI is InChI=1S/C23H25IN4O2S/c1-12-13(2)31-22-19(12)20(15-7-9-16(24)10-8-15)25-17(11-18(29)30-23(4,5)6)21-27-26-14(3)28(21)22/h7-10,17H,11H2,1-6H3/t17-/m1/s1. The van der Waals surface area contributed by atoms with E-state index in [2.05, 4.69) is 75.5 Å². The fraction of sp³-hybridized carbons (Fsp3) is 0.391. The van der Waals surface area contributed by atoms with Crippen LogP contribution in [0.25, 0.3) is 5.00 Å². The number of hydrogen-bond donors (Lipinski definition) is 0. The van der Waals surface area contributed by atoms with E-state index in [4.69, 9.17) is 9.73 Å². The van der Waals surface area contributed by atoms with Crippen LogP contribution in [0.2, 0.25) is 0 Å². The third-order valence-electron chi connectivity index (χ3n) is 5.14. The summed E-state index contributed by atoms with van der Waals surface area (Å²) in [6.07, 6.45) is 0.107. The van der Waals surface area contributed by atoms with Crippen molar-refractivity contribution < 1.29 is 9.53 Å². The highest BCUT2D eigenvalue weighted by Gasteiger charge is 2.33. The molecule has 2 aromatic heterocycles. The predicted octanol–water partition coefficient (Wildman–Crippen LogP) is 5.48. The number of halogens is 1. The largest absolute Gasteiger partial charge is 0.460 e. The fourth-order valence-corrected chi connectivity index (χ4v) is 5.25. The number of benzene rings is 1. The Balaban J connectivity index is 1.91. The van der Waals surface area contributed by atoms with Gasteiger partial charge in [-0.3, -0.25) is 14.4 Å². The van der Waals surface area contributed by atoms with Crippen LogP contribution in [0.4, 0.5) is 0 Å². The van der Waals surface area contributed by atoms with Crippen LogP contribution in [0, 0.1) is 24.3 Å². The van der Waals surface area contributed by atoms with E-state index in [9.17, 15) is 4.79 Å². The van der Waals surface area contributed by atoms with E-state index >= 15 is 0 Å². The number of esters is 1. The van der Waals surface area contributed by atoms with Gasteiger partial charge >= 0.3 is 5.97 Å². The topological polar surface area (TPSA) is 69.4 Å². The van der Waals surface area contributed by atoms with Crippen LogP contribution in [0.1, 0.15) is 66.5 Å². The van der Waals surface area contributed by atoms with Gasteiger partial charge in [0.25, 0.3) is 0 Å². The molecule has 3 aromatic rings. The number of aryl methyl sites for hydroxylation is 2. The molecule has 0 aliphatic carbocycles. The first-order chi connectivity index (χ1) is 14.5. The van der Waals surface area contributed by atoms with Crippen LogP contribution in [-0.2, 0) is 9.53 Å². The average Bonchev–Trinajstić information content (AvgIpc) is 3.14. The summed E-state index contributed by atoms with van der Waals surface area (Å²) in [5.41, 5.74) is 3.62. The average molecular weight is 548 g/mol. The van der Waals surface area contributed by atoms with Crippen molar-refractivity contribution in [1.82, 2.24) is 14.8 Å². The number of carbonyl (C=O) groups is 1. The number of nitrogens with zero attached hydrogens (tertiary/aromatic N) is 4. The van der Waals surface area contributed by atoms with E-state index < -0.39 is 11.6 Å². The first kappa shape index (κ1) is 22.1. The number of rotatable bonds is 3. The molecule has 1 aromatic carbocycles. The summed E-state index contributed by atoms with van der Waals surface area (Å²) in [4.78, 5) is 19.1. The van der Waals surface area contributed by atoms with Gasteiger partial charge in [0, 0.05) is 19.6 Å². The Bertz CT molecular complexity index is 1190. The Hall–Kier alpha value is -2.07. The minimum absolute atomic E-state index is 0.107. The van der Waals surface area contributed by atoms with Gasteiger partial charge in [0.15, 0.2) is 5.82 Å².